The third-order valence-electron chi connectivity index (χ3n) is 3.40. The van der Waals surface area contributed by atoms with E-state index in [9.17, 15) is 0 Å². The summed E-state index contributed by atoms with van der Waals surface area (Å²) in [6.45, 7) is 3.33. The molecule has 2 rings (SSSR count). The molecule has 0 radical (unpaired) electrons. The van der Waals surface area contributed by atoms with Gasteiger partial charge in [-0.05, 0) is 24.6 Å². The lowest BCUT2D eigenvalue weighted by molar-refractivity contribution is 0.409. The predicted octanol–water partition coefficient (Wildman–Crippen LogP) is 2.88. The molecule has 0 aliphatic heterocycles. The van der Waals surface area contributed by atoms with Crippen LogP contribution < -0.4 is 15.4 Å². The first-order valence-corrected chi connectivity index (χ1v) is 7.21. The summed E-state index contributed by atoms with van der Waals surface area (Å²) in [6, 6.07) is 11.9. The second kappa shape index (κ2) is 10.0. The van der Waals surface area contributed by atoms with E-state index in [0.29, 0.717) is 13.1 Å². The van der Waals surface area contributed by atoms with Gasteiger partial charge in [-0.3, -0.25) is 9.98 Å². The van der Waals surface area contributed by atoms with E-state index in [-0.39, 0.29) is 24.0 Å². The number of pyridine rings is 1. The summed E-state index contributed by atoms with van der Waals surface area (Å²) in [5.74, 6) is 1.60. The third kappa shape index (κ3) is 5.70. The second-order valence-corrected chi connectivity index (χ2v) is 4.86. The molecule has 0 bridgehead atoms. The van der Waals surface area contributed by atoms with Crippen LogP contribution in [0.4, 0.5) is 0 Å². The number of benzene rings is 1. The van der Waals surface area contributed by atoms with Crippen molar-refractivity contribution in [3.8, 4) is 5.75 Å². The van der Waals surface area contributed by atoms with Crippen LogP contribution in [0, 0.1) is 6.92 Å². The summed E-state index contributed by atoms with van der Waals surface area (Å²) in [6.07, 6.45) is 1.80. The smallest absolute Gasteiger partial charge is 0.191 e. The number of guanidine groups is 1. The van der Waals surface area contributed by atoms with E-state index in [1.54, 1.807) is 20.4 Å². The summed E-state index contributed by atoms with van der Waals surface area (Å²) in [4.78, 5) is 8.59. The van der Waals surface area contributed by atoms with E-state index in [0.717, 1.165) is 28.5 Å². The van der Waals surface area contributed by atoms with Crippen molar-refractivity contribution < 1.29 is 4.74 Å². The van der Waals surface area contributed by atoms with Crippen molar-refractivity contribution in [2.45, 2.75) is 20.0 Å². The number of nitrogens with one attached hydrogen (secondary N) is 2. The Bertz CT molecular complexity index is 646. The topological polar surface area (TPSA) is 58.5 Å². The Morgan fingerprint density at radius 3 is 2.57 bits per heavy atom. The minimum Gasteiger partial charge on any atom is -0.496 e. The highest BCUT2D eigenvalue weighted by molar-refractivity contribution is 14.0. The van der Waals surface area contributed by atoms with Gasteiger partial charge in [0.25, 0.3) is 0 Å². The van der Waals surface area contributed by atoms with Crippen molar-refractivity contribution in [2.75, 3.05) is 14.2 Å². The molecule has 1 aromatic heterocycles. The zero-order valence-electron chi connectivity index (χ0n) is 13.7. The van der Waals surface area contributed by atoms with Crippen LogP contribution in [0.15, 0.2) is 47.6 Å². The maximum Gasteiger partial charge on any atom is 0.191 e. The molecule has 0 unspecified atom stereocenters. The first-order chi connectivity index (χ1) is 10.7. The van der Waals surface area contributed by atoms with Crippen molar-refractivity contribution >= 4 is 29.9 Å². The van der Waals surface area contributed by atoms with E-state index >= 15 is 0 Å². The van der Waals surface area contributed by atoms with Crippen molar-refractivity contribution in [2.24, 2.45) is 4.99 Å². The van der Waals surface area contributed by atoms with Crippen molar-refractivity contribution in [3.63, 3.8) is 0 Å². The van der Waals surface area contributed by atoms with Gasteiger partial charge in [-0.1, -0.05) is 24.3 Å². The fourth-order valence-electron chi connectivity index (χ4n) is 2.12. The van der Waals surface area contributed by atoms with Crippen LogP contribution in [0.5, 0.6) is 5.75 Å². The second-order valence-electron chi connectivity index (χ2n) is 4.86. The number of nitrogens with zero attached hydrogens (tertiary/aromatic N) is 2. The molecule has 124 valence electrons. The van der Waals surface area contributed by atoms with Crippen LogP contribution in [0.25, 0.3) is 0 Å². The largest absolute Gasteiger partial charge is 0.496 e. The lowest BCUT2D eigenvalue weighted by Gasteiger charge is -2.14. The average molecular weight is 426 g/mol. The molecule has 5 nitrogen and oxygen atoms in total. The number of aryl methyl sites for hydroxylation is 1. The maximum absolute atomic E-state index is 5.35. The SMILES string of the molecule is CN=C(NCc1ccccc1OC)NCc1ncccc1C.I. The fraction of sp³-hybridized carbons (Fsp3) is 0.294. The standard InChI is InChI=1S/C17H22N4O.HI/c1-13-7-6-10-19-15(13)12-21-17(18-2)20-11-14-8-4-5-9-16(14)22-3;/h4-10H,11-12H2,1-3H3,(H2,18,20,21);1H. The summed E-state index contributed by atoms with van der Waals surface area (Å²) in [7, 11) is 3.43. The minimum atomic E-state index is 0. The molecule has 0 amide bonds. The number of methoxy groups -OCH3 is 1. The highest BCUT2D eigenvalue weighted by atomic mass is 127. The van der Waals surface area contributed by atoms with Gasteiger partial charge in [-0.25, -0.2) is 0 Å². The van der Waals surface area contributed by atoms with Crippen LogP contribution in [-0.4, -0.2) is 25.1 Å². The van der Waals surface area contributed by atoms with Gasteiger partial charge in [-0.2, -0.15) is 0 Å². The molecule has 2 aromatic rings. The van der Waals surface area contributed by atoms with Gasteiger partial charge >= 0.3 is 0 Å². The fourth-order valence-corrected chi connectivity index (χ4v) is 2.12. The molecule has 2 N–H and O–H groups in total. The first kappa shape index (κ1) is 19.2. The van der Waals surface area contributed by atoms with Gasteiger partial charge in [0.2, 0.25) is 0 Å². The van der Waals surface area contributed by atoms with E-state index in [4.69, 9.17) is 4.74 Å². The minimum absolute atomic E-state index is 0. The summed E-state index contributed by atoms with van der Waals surface area (Å²) >= 11 is 0. The van der Waals surface area contributed by atoms with Crippen LogP contribution in [0.1, 0.15) is 16.8 Å². The molecular formula is C17H23IN4O. The molecule has 0 saturated carbocycles. The monoisotopic (exact) mass is 426 g/mol. The van der Waals surface area contributed by atoms with E-state index < -0.39 is 0 Å². The number of hydrogen-bond acceptors (Lipinski definition) is 3. The molecule has 0 fully saturated rings. The number of ether oxygens (including phenoxy) is 1. The molecule has 6 heteroatoms. The van der Waals surface area contributed by atoms with Gasteiger partial charge in [0, 0.05) is 25.4 Å². The molecule has 0 aliphatic carbocycles. The van der Waals surface area contributed by atoms with Gasteiger partial charge in [0.05, 0.1) is 19.3 Å². The van der Waals surface area contributed by atoms with Crippen molar-refractivity contribution in [3.05, 3.63) is 59.4 Å². The first-order valence-electron chi connectivity index (χ1n) is 7.21. The number of aliphatic imine (C=N–C) groups is 1. The highest BCUT2D eigenvalue weighted by Gasteiger charge is 2.04. The van der Waals surface area contributed by atoms with Crippen LogP contribution in [0.2, 0.25) is 0 Å². The molecule has 1 aromatic carbocycles. The Morgan fingerprint density at radius 1 is 1.13 bits per heavy atom. The molecule has 23 heavy (non-hydrogen) atoms. The number of hydrogen-bond donors (Lipinski definition) is 2. The summed E-state index contributed by atoms with van der Waals surface area (Å²) in [5, 5.41) is 6.55. The third-order valence-corrected chi connectivity index (χ3v) is 3.40. The molecule has 0 aliphatic rings. The summed E-state index contributed by atoms with van der Waals surface area (Å²) < 4.78 is 5.35. The Labute approximate surface area is 154 Å². The molecule has 0 saturated heterocycles. The van der Waals surface area contributed by atoms with Gasteiger partial charge in [0.15, 0.2) is 5.96 Å². The number of aromatic nitrogens is 1. The van der Waals surface area contributed by atoms with E-state index in [1.807, 2.05) is 30.3 Å². The quantitative estimate of drug-likeness (QED) is 0.439. The molecule has 1 heterocycles. The molecule has 0 spiro atoms. The normalized spacial score (nSPS) is 10.7. The van der Waals surface area contributed by atoms with Crippen LogP contribution in [-0.2, 0) is 13.1 Å². The maximum atomic E-state index is 5.35. The number of para-hydroxylation sites is 1. The Morgan fingerprint density at radius 2 is 1.87 bits per heavy atom. The summed E-state index contributed by atoms with van der Waals surface area (Å²) in [5.41, 5.74) is 3.26. The highest BCUT2D eigenvalue weighted by Crippen LogP contribution is 2.16. The Balaban J connectivity index is 0.00000264. The Hall–Kier alpha value is -1.83. The van der Waals surface area contributed by atoms with Crippen molar-refractivity contribution in [1.82, 2.24) is 15.6 Å². The lowest BCUT2D eigenvalue weighted by Crippen LogP contribution is -2.36. The van der Waals surface area contributed by atoms with Gasteiger partial charge in [0.1, 0.15) is 5.75 Å². The van der Waals surface area contributed by atoms with Gasteiger partial charge < -0.3 is 15.4 Å². The van der Waals surface area contributed by atoms with E-state index in [1.165, 1.54) is 0 Å². The lowest BCUT2D eigenvalue weighted by atomic mass is 10.2. The number of rotatable bonds is 5. The molecule has 0 atom stereocenters. The average Bonchev–Trinajstić information content (AvgIpc) is 2.56. The van der Waals surface area contributed by atoms with Crippen LogP contribution >= 0.6 is 24.0 Å². The zero-order valence-corrected chi connectivity index (χ0v) is 16.0. The zero-order chi connectivity index (χ0) is 15.8. The van der Waals surface area contributed by atoms with Crippen molar-refractivity contribution in [1.29, 1.82) is 0 Å². The van der Waals surface area contributed by atoms with E-state index in [2.05, 4.69) is 33.6 Å². The van der Waals surface area contributed by atoms with Gasteiger partial charge in [-0.15, -0.1) is 24.0 Å². The van der Waals surface area contributed by atoms with Crippen LogP contribution in [0.3, 0.4) is 0 Å². The molecular weight excluding hydrogens is 403 g/mol. The predicted molar refractivity (Wildman–Crippen MR) is 104 cm³/mol. The Kier molecular flexibility index (Phi) is 8.39. The number of halogens is 1.